The minimum atomic E-state index is -4.62. The molecule has 1 amide bonds. The Morgan fingerprint density at radius 3 is 2.40 bits per heavy atom. The van der Waals surface area contributed by atoms with Crippen LogP contribution in [0.2, 0.25) is 0 Å². The maximum Gasteiger partial charge on any atom is 0.417 e. The van der Waals surface area contributed by atoms with Crippen LogP contribution < -0.4 is 10.2 Å². The first kappa shape index (κ1) is 18.6. The quantitative estimate of drug-likeness (QED) is 0.793. The molecule has 0 atom stereocenters. The molecule has 0 radical (unpaired) electrons. The van der Waals surface area contributed by atoms with Crippen molar-refractivity contribution in [2.24, 2.45) is 0 Å². The van der Waals surface area contributed by atoms with Gasteiger partial charge in [0.1, 0.15) is 0 Å². The molecule has 0 fully saturated rings. The molecule has 132 valence electrons. The van der Waals surface area contributed by atoms with Crippen molar-refractivity contribution in [2.45, 2.75) is 13.1 Å². The summed E-state index contributed by atoms with van der Waals surface area (Å²) in [5.41, 5.74) is 0.272. The predicted molar refractivity (Wildman–Crippen MR) is 94.5 cm³/mol. The molecule has 0 saturated heterocycles. The van der Waals surface area contributed by atoms with E-state index in [2.05, 4.69) is 5.32 Å². The van der Waals surface area contributed by atoms with Gasteiger partial charge in [-0.05, 0) is 30.7 Å². The molecule has 25 heavy (non-hydrogen) atoms. The number of allylic oxidation sites excluding steroid dienone is 1. The fraction of sp³-hybridized carbons (Fsp3) is 0.211. The monoisotopic (exact) mass is 348 g/mol. The van der Waals surface area contributed by atoms with Crippen molar-refractivity contribution in [1.29, 1.82) is 0 Å². The van der Waals surface area contributed by atoms with E-state index in [1.807, 2.05) is 24.9 Å². The zero-order chi connectivity index (χ0) is 18.4. The molecule has 0 spiro atoms. The Hall–Kier alpha value is -2.76. The smallest absolute Gasteiger partial charge is 0.375 e. The lowest BCUT2D eigenvalue weighted by molar-refractivity contribution is -0.112. The molecule has 2 aromatic carbocycles. The third-order valence-electron chi connectivity index (χ3n) is 3.69. The maximum atomic E-state index is 13.3. The molecule has 0 unspecified atom stereocenters. The lowest BCUT2D eigenvalue weighted by Gasteiger charge is -2.17. The Morgan fingerprint density at radius 1 is 1.12 bits per heavy atom. The number of alkyl halides is 3. The molecular weight excluding hydrogens is 329 g/mol. The molecule has 3 nitrogen and oxygen atoms in total. The van der Waals surface area contributed by atoms with E-state index in [9.17, 15) is 18.0 Å². The highest BCUT2D eigenvalue weighted by Crippen LogP contribution is 2.33. The van der Waals surface area contributed by atoms with E-state index in [1.54, 1.807) is 24.3 Å². The average Bonchev–Trinajstić information content (AvgIpc) is 2.59. The third-order valence-corrected chi connectivity index (χ3v) is 3.69. The highest BCUT2D eigenvalue weighted by atomic mass is 19.4. The van der Waals surface area contributed by atoms with Gasteiger partial charge in [0, 0.05) is 31.0 Å². The van der Waals surface area contributed by atoms with Gasteiger partial charge in [-0.25, -0.2) is 0 Å². The Morgan fingerprint density at radius 2 is 1.80 bits per heavy atom. The average molecular weight is 348 g/mol. The molecule has 0 saturated carbocycles. The summed E-state index contributed by atoms with van der Waals surface area (Å²) >= 11 is 0. The summed E-state index contributed by atoms with van der Waals surface area (Å²) in [5, 5.41) is 2.49. The van der Waals surface area contributed by atoms with Gasteiger partial charge in [-0.15, -0.1) is 0 Å². The highest BCUT2D eigenvalue weighted by molar-refractivity contribution is 6.04. The summed E-state index contributed by atoms with van der Waals surface area (Å²) in [6.45, 7) is 2.74. The van der Waals surface area contributed by atoms with Gasteiger partial charge >= 0.3 is 6.18 Å². The number of carbonyl (C=O) groups excluding carboxylic acids is 1. The molecular formula is C19H19F3N2O. The maximum absolute atomic E-state index is 13.3. The topological polar surface area (TPSA) is 32.3 Å². The SMILES string of the molecule is CCN(C)c1cccc(NC(=O)/C=C(/c2ccccc2)C(F)(F)F)c1. The number of hydrogen-bond acceptors (Lipinski definition) is 2. The Bertz CT molecular complexity index is 755. The fourth-order valence-corrected chi connectivity index (χ4v) is 2.26. The van der Waals surface area contributed by atoms with Crippen molar-refractivity contribution < 1.29 is 18.0 Å². The second kappa shape index (κ2) is 7.88. The lowest BCUT2D eigenvalue weighted by atomic mass is 10.1. The van der Waals surface area contributed by atoms with Crippen LogP contribution in [0.25, 0.3) is 5.57 Å². The second-order valence-corrected chi connectivity index (χ2v) is 5.48. The van der Waals surface area contributed by atoms with Gasteiger partial charge in [-0.2, -0.15) is 13.2 Å². The van der Waals surface area contributed by atoms with Crippen LogP contribution in [0.15, 0.2) is 60.7 Å². The molecule has 1 N–H and O–H groups in total. The van der Waals surface area contributed by atoms with Crippen molar-refractivity contribution >= 4 is 22.9 Å². The van der Waals surface area contributed by atoms with E-state index < -0.39 is 17.7 Å². The van der Waals surface area contributed by atoms with E-state index in [1.165, 1.54) is 24.3 Å². The summed E-state index contributed by atoms with van der Waals surface area (Å²) in [6.07, 6.45) is -4.03. The van der Waals surface area contributed by atoms with Crippen LogP contribution in [0.5, 0.6) is 0 Å². The number of carbonyl (C=O) groups is 1. The summed E-state index contributed by atoms with van der Waals surface area (Å²) in [7, 11) is 1.89. The van der Waals surface area contributed by atoms with Gasteiger partial charge in [-0.3, -0.25) is 4.79 Å². The van der Waals surface area contributed by atoms with Gasteiger partial charge in [-0.1, -0.05) is 36.4 Å². The first-order valence-corrected chi connectivity index (χ1v) is 7.77. The predicted octanol–water partition coefficient (Wildman–Crippen LogP) is 4.73. The van der Waals surface area contributed by atoms with Crippen molar-refractivity contribution in [1.82, 2.24) is 0 Å². The molecule has 6 heteroatoms. The zero-order valence-electron chi connectivity index (χ0n) is 14.0. The van der Waals surface area contributed by atoms with E-state index in [0.29, 0.717) is 11.8 Å². The van der Waals surface area contributed by atoms with Crippen LogP contribution in [-0.4, -0.2) is 25.7 Å². The van der Waals surface area contributed by atoms with Crippen molar-refractivity contribution in [3.05, 3.63) is 66.2 Å². The highest BCUT2D eigenvalue weighted by Gasteiger charge is 2.35. The van der Waals surface area contributed by atoms with Gasteiger partial charge < -0.3 is 10.2 Å². The number of hydrogen-bond donors (Lipinski definition) is 1. The van der Waals surface area contributed by atoms with Crippen LogP contribution in [0.4, 0.5) is 24.5 Å². The van der Waals surface area contributed by atoms with Crippen LogP contribution >= 0.6 is 0 Å². The number of anilines is 2. The third kappa shape index (κ3) is 5.11. The molecule has 0 aliphatic carbocycles. The molecule has 0 aliphatic heterocycles. The van der Waals surface area contributed by atoms with E-state index in [0.717, 1.165) is 12.2 Å². The number of halogens is 3. The first-order valence-electron chi connectivity index (χ1n) is 7.77. The van der Waals surface area contributed by atoms with Crippen LogP contribution in [0.1, 0.15) is 12.5 Å². The Balaban J connectivity index is 2.25. The van der Waals surface area contributed by atoms with Crippen molar-refractivity contribution in [2.75, 3.05) is 23.8 Å². The van der Waals surface area contributed by atoms with Crippen molar-refractivity contribution in [3.8, 4) is 0 Å². The van der Waals surface area contributed by atoms with Gasteiger partial charge in [0.05, 0.1) is 5.57 Å². The molecule has 2 rings (SSSR count). The number of nitrogens with zero attached hydrogens (tertiary/aromatic N) is 1. The number of benzene rings is 2. The van der Waals surface area contributed by atoms with Crippen LogP contribution in [0, 0.1) is 0 Å². The van der Waals surface area contributed by atoms with E-state index in [-0.39, 0.29) is 5.56 Å². The van der Waals surface area contributed by atoms with Gasteiger partial charge in [0.25, 0.3) is 0 Å². The van der Waals surface area contributed by atoms with E-state index >= 15 is 0 Å². The van der Waals surface area contributed by atoms with Crippen LogP contribution in [0.3, 0.4) is 0 Å². The number of rotatable bonds is 5. The normalized spacial score (nSPS) is 12.0. The summed E-state index contributed by atoms with van der Waals surface area (Å²) in [5.74, 6) is -0.826. The summed E-state index contributed by atoms with van der Waals surface area (Å²) < 4.78 is 39.8. The molecule has 0 aromatic heterocycles. The standard InChI is InChI=1S/C19H19F3N2O/c1-3-24(2)16-11-7-10-15(12-16)23-18(25)13-17(19(20,21)22)14-8-5-4-6-9-14/h4-13H,3H2,1-2H3,(H,23,25)/b17-13-. The minimum Gasteiger partial charge on any atom is -0.375 e. The summed E-state index contributed by atoms with van der Waals surface area (Å²) in [4.78, 5) is 14.0. The molecule has 2 aromatic rings. The zero-order valence-corrected chi connectivity index (χ0v) is 14.0. The van der Waals surface area contributed by atoms with Crippen molar-refractivity contribution in [3.63, 3.8) is 0 Å². The minimum absolute atomic E-state index is 0.0513. The van der Waals surface area contributed by atoms with E-state index in [4.69, 9.17) is 0 Å². The molecule has 0 bridgehead atoms. The Kier molecular flexibility index (Phi) is 5.85. The number of amides is 1. The molecule has 0 aliphatic rings. The summed E-state index contributed by atoms with van der Waals surface area (Å²) in [6, 6.07) is 14.2. The number of nitrogens with one attached hydrogen (secondary N) is 1. The Labute approximate surface area is 144 Å². The first-order chi connectivity index (χ1) is 11.8. The van der Waals surface area contributed by atoms with Gasteiger partial charge in [0.2, 0.25) is 5.91 Å². The second-order valence-electron chi connectivity index (χ2n) is 5.48. The largest absolute Gasteiger partial charge is 0.417 e. The fourth-order valence-electron chi connectivity index (χ4n) is 2.26. The van der Waals surface area contributed by atoms with Gasteiger partial charge in [0.15, 0.2) is 0 Å². The molecule has 0 heterocycles. The lowest BCUT2D eigenvalue weighted by Crippen LogP contribution is -2.17. The van der Waals surface area contributed by atoms with Crippen LogP contribution in [-0.2, 0) is 4.79 Å².